The molecule has 2 nitrogen and oxygen atoms in total. The van der Waals surface area contributed by atoms with Crippen LogP contribution < -0.4 is 0 Å². The first-order chi connectivity index (χ1) is 12.0. The molecule has 1 heterocycles. The zero-order valence-corrected chi connectivity index (χ0v) is 13.0. The molecule has 0 amide bonds. The van der Waals surface area contributed by atoms with Gasteiger partial charge in [-0.05, 0) is 47.5 Å². The molecule has 0 saturated carbocycles. The minimum absolute atomic E-state index is 0.0268. The molecule has 0 unspecified atom stereocenters. The van der Waals surface area contributed by atoms with E-state index in [0.717, 1.165) is 11.8 Å². The minimum atomic E-state index is -4.47. The molecular formula is C20H13F3N2. The van der Waals surface area contributed by atoms with Gasteiger partial charge in [-0.3, -0.25) is 0 Å². The van der Waals surface area contributed by atoms with E-state index >= 15 is 0 Å². The molecule has 0 aliphatic rings. The van der Waals surface area contributed by atoms with Crippen molar-refractivity contribution in [3.63, 3.8) is 0 Å². The summed E-state index contributed by atoms with van der Waals surface area (Å²) in [4.78, 5) is 0. The van der Waals surface area contributed by atoms with Gasteiger partial charge in [-0.2, -0.15) is 18.4 Å². The van der Waals surface area contributed by atoms with E-state index in [4.69, 9.17) is 0 Å². The van der Waals surface area contributed by atoms with E-state index in [2.05, 4.69) is 0 Å². The number of nitrogens with zero attached hydrogens (tertiary/aromatic N) is 2. The third kappa shape index (κ3) is 3.64. The second-order valence-corrected chi connectivity index (χ2v) is 5.39. The first-order valence-corrected chi connectivity index (χ1v) is 7.51. The topological polar surface area (TPSA) is 28.7 Å². The molecule has 0 N–H and O–H groups in total. The Hall–Kier alpha value is -3.26. The second-order valence-electron chi connectivity index (χ2n) is 5.39. The minimum Gasteiger partial charge on any atom is -0.324 e. The summed E-state index contributed by atoms with van der Waals surface area (Å²) in [5.41, 5.74) is 0.862. The van der Waals surface area contributed by atoms with Gasteiger partial charge in [0.2, 0.25) is 0 Å². The number of allylic oxidation sites excluding steroid dienone is 1. The Kier molecular flexibility index (Phi) is 4.44. The maximum absolute atomic E-state index is 13.1. The standard InChI is InChI=1S/C20H13F3N2/c21-20(22,23)19-6-2-1-5-16(19)13-17(14-24)15-7-9-18(10-8-15)25-11-3-4-12-25/h1-13H/b17-13-. The molecule has 0 bridgehead atoms. The van der Waals surface area contributed by atoms with Crippen LogP contribution in [0.2, 0.25) is 0 Å². The Bertz CT molecular complexity index is 928. The molecule has 0 fully saturated rings. The van der Waals surface area contributed by atoms with Gasteiger partial charge in [0, 0.05) is 18.1 Å². The van der Waals surface area contributed by atoms with E-state index in [0.29, 0.717) is 5.56 Å². The lowest BCUT2D eigenvalue weighted by atomic mass is 10.0. The lowest BCUT2D eigenvalue weighted by Gasteiger charge is -2.10. The highest BCUT2D eigenvalue weighted by atomic mass is 19.4. The number of aromatic nitrogens is 1. The van der Waals surface area contributed by atoms with E-state index in [-0.39, 0.29) is 11.1 Å². The Morgan fingerprint density at radius 3 is 2.16 bits per heavy atom. The highest BCUT2D eigenvalue weighted by Crippen LogP contribution is 2.33. The second kappa shape index (κ2) is 6.70. The van der Waals surface area contributed by atoms with Gasteiger partial charge in [-0.1, -0.05) is 30.3 Å². The lowest BCUT2D eigenvalue weighted by molar-refractivity contribution is -0.137. The molecule has 2 aromatic carbocycles. The third-order valence-corrected chi connectivity index (χ3v) is 3.77. The fraction of sp³-hybridized carbons (Fsp3) is 0.0500. The Morgan fingerprint density at radius 2 is 1.56 bits per heavy atom. The fourth-order valence-electron chi connectivity index (χ4n) is 2.54. The van der Waals surface area contributed by atoms with Crippen LogP contribution in [0.4, 0.5) is 13.2 Å². The van der Waals surface area contributed by atoms with Gasteiger partial charge in [-0.25, -0.2) is 0 Å². The highest BCUT2D eigenvalue weighted by molar-refractivity contribution is 5.90. The zero-order valence-electron chi connectivity index (χ0n) is 13.0. The average Bonchev–Trinajstić information content (AvgIpc) is 3.14. The van der Waals surface area contributed by atoms with Gasteiger partial charge < -0.3 is 4.57 Å². The van der Waals surface area contributed by atoms with Crippen molar-refractivity contribution in [2.24, 2.45) is 0 Å². The van der Waals surface area contributed by atoms with Crippen LogP contribution in [0, 0.1) is 11.3 Å². The predicted molar refractivity (Wildman–Crippen MR) is 90.7 cm³/mol. The molecule has 5 heteroatoms. The third-order valence-electron chi connectivity index (χ3n) is 3.77. The zero-order chi connectivity index (χ0) is 17.9. The summed E-state index contributed by atoms with van der Waals surface area (Å²) in [5.74, 6) is 0. The maximum atomic E-state index is 13.1. The molecular weight excluding hydrogens is 325 g/mol. The van der Waals surface area contributed by atoms with Crippen molar-refractivity contribution in [2.75, 3.05) is 0 Å². The van der Waals surface area contributed by atoms with E-state index in [1.165, 1.54) is 24.3 Å². The molecule has 0 atom stereocenters. The summed E-state index contributed by atoms with van der Waals surface area (Å²) in [6.07, 6.45) is 0.574. The van der Waals surface area contributed by atoms with E-state index in [1.807, 2.05) is 47.3 Å². The van der Waals surface area contributed by atoms with Crippen LogP contribution in [0.3, 0.4) is 0 Å². The van der Waals surface area contributed by atoms with Crippen molar-refractivity contribution in [2.45, 2.75) is 6.18 Å². The molecule has 0 aliphatic carbocycles. The van der Waals surface area contributed by atoms with E-state index in [1.54, 1.807) is 12.1 Å². The van der Waals surface area contributed by atoms with Crippen LogP contribution in [0.1, 0.15) is 16.7 Å². The summed E-state index contributed by atoms with van der Waals surface area (Å²) < 4.78 is 41.2. The number of hydrogen-bond acceptors (Lipinski definition) is 1. The van der Waals surface area contributed by atoms with Crippen molar-refractivity contribution >= 4 is 11.6 Å². The van der Waals surface area contributed by atoms with E-state index < -0.39 is 11.7 Å². The first-order valence-electron chi connectivity index (χ1n) is 7.51. The molecule has 0 saturated heterocycles. The van der Waals surface area contributed by atoms with E-state index in [9.17, 15) is 18.4 Å². The van der Waals surface area contributed by atoms with Gasteiger partial charge in [-0.15, -0.1) is 0 Å². The summed E-state index contributed by atoms with van der Waals surface area (Å²) >= 11 is 0. The monoisotopic (exact) mass is 338 g/mol. The van der Waals surface area contributed by atoms with Crippen molar-refractivity contribution in [3.8, 4) is 11.8 Å². The Morgan fingerprint density at radius 1 is 0.920 bits per heavy atom. The van der Waals surface area contributed by atoms with Gasteiger partial charge in [0.05, 0.1) is 17.2 Å². The van der Waals surface area contributed by atoms with Crippen molar-refractivity contribution in [1.82, 2.24) is 4.57 Å². The predicted octanol–water partition coefficient (Wildman–Crippen LogP) is 5.56. The largest absolute Gasteiger partial charge is 0.416 e. The number of nitriles is 1. The smallest absolute Gasteiger partial charge is 0.324 e. The fourth-order valence-corrected chi connectivity index (χ4v) is 2.54. The van der Waals surface area contributed by atoms with Crippen molar-refractivity contribution in [3.05, 3.63) is 89.7 Å². The van der Waals surface area contributed by atoms with Gasteiger partial charge >= 0.3 is 6.18 Å². The molecule has 0 radical (unpaired) electrons. The lowest BCUT2D eigenvalue weighted by Crippen LogP contribution is -2.07. The van der Waals surface area contributed by atoms with Crippen LogP contribution in [0.5, 0.6) is 0 Å². The van der Waals surface area contributed by atoms with Gasteiger partial charge in [0.15, 0.2) is 0 Å². The number of halogens is 3. The quantitative estimate of drug-likeness (QED) is 0.454. The van der Waals surface area contributed by atoms with Crippen LogP contribution in [0.15, 0.2) is 73.1 Å². The van der Waals surface area contributed by atoms with Gasteiger partial charge in [0.25, 0.3) is 0 Å². The normalized spacial score (nSPS) is 12.0. The molecule has 0 aliphatic heterocycles. The summed E-state index contributed by atoms with van der Waals surface area (Å²) in [6, 6.07) is 18.1. The molecule has 25 heavy (non-hydrogen) atoms. The summed E-state index contributed by atoms with van der Waals surface area (Å²) in [6.45, 7) is 0. The molecule has 3 rings (SSSR count). The molecule has 0 spiro atoms. The molecule has 3 aromatic rings. The van der Waals surface area contributed by atoms with Gasteiger partial charge in [0.1, 0.15) is 0 Å². The number of benzene rings is 2. The van der Waals surface area contributed by atoms with Crippen LogP contribution >= 0.6 is 0 Å². The Labute approximate surface area is 143 Å². The molecule has 124 valence electrons. The average molecular weight is 338 g/mol. The number of hydrogen-bond donors (Lipinski definition) is 0. The first kappa shape index (κ1) is 16.6. The van der Waals surface area contributed by atoms with Crippen LogP contribution in [-0.2, 0) is 6.18 Å². The van der Waals surface area contributed by atoms with Crippen LogP contribution in [0.25, 0.3) is 17.3 Å². The SMILES string of the molecule is N#C/C(=C/c1ccccc1C(F)(F)F)c1ccc(-n2cccc2)cc1. The maximum Gasteiger partial charge on any atom is 0.416 e. The Balaban J connectivity index is 1.99. The van der Waals surface area contributed by atoms with Crippen molar-refractivity contribution < 1.29 is 13.2 Å². The van der Waals surface area contributed by atoms with Crippen LogP contribution in [-0.4, -0.2) is 4.57 Å². The number of rotatable bonds is 3. The number of alkyl halides is 3. The summed E-state index contributed by atoms with van der Waals surface area (Å²) in [7, 11) is 0. The summed E-state index contributed by atoms with van der Waals surface area (Å²) in [5, 5.41) is 9.38. The highest BCUT2D eigenvalue weighted by Gasteiger charge is 2.32. The molecule has 1 aromatic heterocycles. The van der Waals surface area contributed by atoms with Crippen molar-refractivity contribution in [1.29, 1.82) is 5.26 Å².